The summed E-state index contributed by atoms with van der Waals surface area (Å²) in [4.78, 5) is 9.41. The van der Waals surface area contributed by atoms with E-state index in [1.54, 1.807) is 11.3 Å². The molecule has 0 fully saturated rings. The predicted molar refractivity (Wildman–Crippen MR) is 99.5 cm³/mol. The number of benzene rings is 1. The number of thiazole rings is 1. The molecule has 0 unspecified atom stereocenters. The van der Waals surface area contributed by atoms with E-state index in [0.717, 1.165) is 34.4 Å². The number of fused-ring (bicyclic) bond motifs is 1. The Hall–Kier alpha value is -2.37. The number of pyridine rings is 1. The van der Waals surface area contributed by atoms with Crippen LogP contribution in [-0.2, 0) is 6.54 Å². The number of hydrogen-bond donors (Lipinski definition) is 1. The molecule has 4 rings (SSSR count). The molecule has 4 nitrogen and oxygen atoms in total. The van der Waals surface area contributed by atoms with E-state index >= 15 is 0 Å². The molecule has 4 aromatic rings. The number of anilines is 1. The summed E-state index contributed by atoms with van der Waals surface area (Å²) in [6.45, 7) is 4.89. The fraction of sp³-hybridized carbons (Fsp3) is 0.158. The van der Waals surface area contributed by atoms with E-state index in [1.807, 2.05) is 25.1 Å². The number of halogens is 1. The molecule has 0 amide bonds. The van der Waals surface area contributed by atoms with Crippen LogP contribution in [0.25, 0.3) is 17.0 Å². The molecular formula is C19H18ClN4S-. The van der Waals surface area contributed by atoms with Gasteiger partial charge < -0.3 is 17.7 Å². The van der Waals surface area contributed by atoms with Gasteiger partial charge in [-0.3, -0.25) is 4.40 Å². The normalized spacial score (nSPS) is 10.6. The van der Waals surface area contributed by atoms with Crippen LogP contribution in [0.3, 0.4) is 0 Å². The predicted octanol–water partition coefficient (Wildman–Crippen LogP) is 1.69. The van der Waals surface area contributed by atoms with Crippen LogP contribution < -0.4 is 17.7 Å². The molecule has 1 N–H and O–H groups in total. The maximum absolute atomic E-state index is 4.75. The summed E-state index contributed by atoms with van der Waals surface area (Å²) >= 11 is 1.62. The Morgan fingerprint density at radius 1 is 1.08 bits per heavy atom. The van der Waals surface area contributed by atoms with E-state index in [9.17, 15) is 0 Å². The first-order valence-electron chi connectivity index (χ1n) is 7.90. The van der Waals surface area contributed by atoms with Crippen LogP contribution in [0.4, 0.5) is 5.13 Å². The lowest BCUT2D eigenvalue weighted by Crippen LogP contribution is -3.00. The molecule has 0 spiro atoms. The minimum absolute atomic E-state index is 0. The molecule has 0 aliphatic carbocycles. The third-order valence-corrected chi connectivity index (χ3v) is 4.79. The molecular weight excluding hydrogens is 352 g/mol. The number of imidazole rings is 1. The van der Waals surface area contributed by atoms with Gasteiger partial charge in [0.1, 0.15) is 11.3 Å². The smallest absolute Gasteiger partial charge is 0.183 e. The van der Waals surface area contributed by atoms with Crippen molar-refractivity contribution in [2.24, 2.45) is 0 Å². The summed E-state index contributed by atoms with van der Waals surface area (Å²) < 4.78 is 2.11. The molecule has 3 heterocycles. The highest BCUT2D eigenvalue weighted by Crippen LogP contribution is 2.28. The zero-order valence-electron chi connectivity index (χ0n) is 14.0. The Kier molecular flexibility index (Phi) is 5.06. The molecule has 6 heteroatoms. The van der Waals surface area contributed by atoms with E-state index in [0.29, 0.717) is 0 Å². The van der Waals surface area contributed by atoms with Crippen LogP contribution in [0.1, 0.15) is 16.8 Å². The van der Waals surface area contributed by atoms with Crippen molar-refractivity contribution in [2.45, 2.75) is 20.4 Å². The van der Waals surface area contributed by atoms with Gasteiger partial charge in [0, 0.05) is 18.1 Å². The summed E-state index contributed by atoms with van der Waals surface area (Å²) in [6, 6.07) is 14.5. The quantitative estimate of drug-likeness (QED) is 0.595. The van der Waals surface area contributed by atoms with Gasteiger partial charge in [-0.25, -0.2) is 9.97 Å². The van der Waals surface area contributed by atoms with Crippen molar-refractivity contribution in [2.75, 3.05) is 5.32 Å². The molecule has 0 aliphatic rings. The molecule has 0 saturated carbocycles. The first-order valence-corrected chi connectivity index (χ1v) is 8.78. The van der Waals surface area contributed by atoms with Crippen molar-refractivity contribution >= 4 is 22.1 Å². The Morgan fingerprint density at radius 2 is 1.88 bits per heavy atom. The van der Waals surface area contributed by atoms with E-state index in [4.69, 9.17) is 4.98 Å². The van der Waals surface area contributed by atoms with Crippen molar-refractivity contribution in [3.05, 3.63) is 70.9 Å². The molecule has 25 heavy (non-hydrogen) atoms. The van der Waals surface area contributed by atoms with Crippen molar-refractivity contribution in [1.29, 1.82) is 0 Å². The van der Waals surface area contributed by atoms with E-state index < -0.39 is 0 Å². The molecule has 1 aromatic carbocycles. The summed E-state index contributed by atoms with van der Waals surface area (Å²) in [5.41, 5.74) is 6.45. The first-order chi connectivity index (χ1) is 11.7. The van der Waals surface area contributed by atoms with Gasteiger partial charge in [0.2, 0.25) is 0 Å². The van der Waals surface area contributed by atoms with Crippen molar-refractivity contribution in [3.8, 4) is 11.4 Å². The van der Waals surface area contributed by atoms with Crippen LogP contribution in [0.5, 0.6) is 0 Å². The number of aryl methyl sites for hydroxylation is 2. The molecule has 128 valence electrons. The third kappa shape index (κ3) is 3.52. The van der Waals surface area contributed by atoms with Gasteiger partial charge in [0.15, 0.2) is 5.13 Å². The number of aromatic nitrogens is 3. The lowest BCUT2D eigenvalue weighted by Gasteiger charge is -2.02. The van der Waals surface area contributed by atoms with Crippen molar-refractivity contribution in [1.82, 2.24) is 14.4 Å². The average molecular weight is 370 g/mol. The number of nitrogens with one attached hydrogen (secondary N) is 1. The minimum Gasteiger partial charge on any atom is -1.00 e. The molecule has 0 bridgehead atoms. The largest absolute Gasteiger partial charge is 1.00 e. The topological polar surface area (TPSA) is 42.2 Å². The van der Waals surface area contributed by atoms with Gasteiger partial charge in [-0.1, -0.05) is 30.3 Å². The monoisotopic (exact) mass is 369 g/mol. The average Bonchev–Trinajstić information content (AvgIpc) is 3.16. The zero-order chi connectivity index (χ0) is 16.5. The SMILES string of the molecule is Cc1ccn2c(-c3csc(NCc4ccccc4)n3)c(C)nc2c1.[Cl-]. The van der Waals surface area contributed by atoms with Crippen LogP contribution >= 0.6 is 11.3 Å². The first kappa shape index (κ1) is 17.5. The molecule has 0 radical (unpaired) electrons. The van der Waals surface area contributed by atoms with Crippen LogP contribution in [0, 0.1) is 13.8 Å². The van der Waals surface area contributed by atoms with Gasteiger partial charge in [-0.05, 0) is 37.1 Å². The number of hydrogen-bond acceptors (Lipinski definition) is 4. The fourth-order valence-electron chi connectivity index (χ4n) is 2.81. The number of nitrogens with zero attached hydrogens (tertiary/aromatic N) is 3. The molecule has 0 aliphatic heterocycles. The summed E-state index contributed by atoms with van der Waals surface area (Å²) in [6.07, 6.45) is 2.07. The van der Waals surface area contributed by atoms with Gasteiger partial charge in [0.25, 0.3) is 0 Å². The zero-order valence-corrected chi connectivity index (χ0v) is 15.6. The van der Waals surface area contributed by atoms with Gasteiger partial charge in [-0.15, -0.1) is 11.3 Å². The second kappa shape index (κ2) is 7.25. The minimum atomic E-state index is 0. The summed E-state index contributed by atoms with van der Waals surface area (Å²) in [7, 11) is 0. The Balaban J connectivity index is 0.00000182. The van der Waals surface area contributed by atoms with Crippen LogP contribution in [0.15, 0.2) is 54.0 Å². The Labute approximate surface area is 157 Å². The lowest BCUT2D eigenvalue weighted by atomic mass is 10.2. The van der Waals surface area contributed by atoms with E-state index in [1.165, 1.54) is 11.1 Å². The third-order valence-electron chi connectivity index (χ3n) is 3.99. The van der Waals surface area contributed by atoms with E-state index in [-0.39, 0.29) is 12.4 Å². The fourth-order valence-corrected chi connectivity index (χ4v) is 3.50. The molecule has 0 atom stereocenters. The highest BCUT2D eigenvalue weighted by Gasteiger charge is 2.14. The van der Waals surface area contributed by atoms with Crippen LogP contribution in [0.2, 0.25) is 0 Å². The Morgan fingerprint density at radius 3 is 2.68 bits per heavy atom. The number of rotatable bonds is 4. The Bertz CT molecular complexity index is 991. The summed E-state index contributed by atoms with van der Waals surface area (Å²) in [5.74, 6) is 0. The van der Waals surface area contributed by atoms with Gasteiger partial charge in [-0.2, -0.15) is 0 Å². The molecule has 0 saturated heterocycles. The second-order valence-corrected chi connectivity index (χ2v) is 6.71. The van der Waals surface area contributed by atoms with Crippen LogP contribution in [-0.4, -0.2) is 14.4 Å². The molecule has 3 aromatic heterocycles. The van der Waals surface area contributed by atoms with Crippen molar-refractivity contribution in [3.63, 3.8) is 0 Å². The van der Waals surface area contributed by atoms with E-state index in [2.05, 4.69) is 57.5 Å². The highest BCUT2D eigenvalue weighted by molar-refractivity contribution is 7.14. The van der Waals surface area contributed by atoms with Gasteiger partial charge in [0.05, 0.1) is 11.4 Å². The maximum atomic E-state index is 4.75. The highest BCUT2D eigenvalue weighted by atomic mass is 35.5. The second-order valence-electron chi connectivity index (χ2n) is 5.86. The lowest BCUT2D eigenvalue weighted by molar-refractivity contribution is -0.00000503. The summed E-state index contributed by atoms with van der Waals surface area (Å²) in [5, 5.41) is 6.41. The maximum Gasteiger partial charge on any atom is 0.183 e. The standard InChI is InChI=1S/C19H18N4S.ClH/c1-13-8-9-23-17(10-13)21-14(2)18(23)16-12-24-19(22-16)20-11-15-6-4-3-5-7-15;/h3-10,12H,11H2,1-2H3,(H,20,22);1H/p-1. The van der Waals surface area contributed by atoms with Gasteiger partial charge >= 0.3 is 0 Å². The van der Waals surface area contributed by atoms with Crippen molar-refractivity contribution < 1.29 is 12.4 Å².